The van der Waals surface area contributed by atoms with E-state index in [2.05, 4.69) is 28.8 Å². The van der Waals surface area contributed by atoms with Gasteiger partial charge in [0, 0.05) is 18.7 Å². The van der Waals surface area contributed by atoms with Gasteiger partial charge in [-0.05, 0) is 45.6 Å². The Morgan fingerprint density at radius 2 is 1.92 bits per heavy atom. The van der Waals surface area contributed by atoms with Crippen LogP contribution < -0.4 is 10.0 Å². The largest absolute Gasteiger partial charge is 0.378 e. The summed E-state index contributed by atoms with van der Waals surface area (Å²) < 4.78 is 25.8. The number of anilines is 1. The van der Waals surface area contributed by atoms with Gasteiger partial charge in [-0.2, -0.15) is 0 Å². The molecule has 24 heavy (non-hydrogen) atoms. The summed E-state index contributed by atoms with van der Waals surface area (Å²) >= 11 is 0. The van der Waals surface area contributed by atoms with Gasteiger partial charge in [0.2, 0.25) is 10.0 Å². The maximum atomic E-state index is 11.8. The van der Waals surface area contributed by atoms with Gasteiger partial charge < -0.3 is 10.2 Å². The van der Waals surface area contributed by atoms with E-state index in [0.717, 1.165) is 12.5 Å². The van der Waals surface area contributed by atoms with Crippen molar-refractivity contribution in [2.24, 2.45) is 5.92 Å². The molecule has 0 aliphatic rings. The second kappa shape index (κ2) is 8.41. The summed E-state index contributed by atoms with van der Waals surface area (Å²) in [7, 11) is 1.47. The molecule has 2 N–H and O–H groups in total. The summed E-state index contributed by atoms with van der Waals surface area (Å²) in [6, 6.07) is 4.07. The van der Waals surface area contributed by atoms with Gasteiger partial charge in [0.15, 0.2) is 0 Å². The lowest BCUT2D eigenvalue weighted by Gasteiger charge is -2.26. The molecule has 0 radical (unpaired) electrons. The lowest BCUT2D eigenvalue weighted by molar-refractivity contribution is -0.384. The molecule has 0 bridgehead atoms. The molecule has 1 rings (SSSR count). The van der Waals surface area contributed by atoms with Crippen molar-refractivity contribution in [3.05, 3.63) is 28.3 Å². The van der Waals surface area contributed by atoms with E-state index < -0.39 is 14.9 Å². The first-order valence-electron chi connectivity index (χ1n) is 7.70. The van der Waals surface area contributed by atoms with Crippen LogP contribution in [0.25, 0.3) is 0 Å². The molecule has 8 nitrogen and oxygen atoms in total. The molecule has 0 spiro atoms. The highest BCUT2D eigenvalue weighted by Gasteiger charge is 2.21. The highest BCUT2D eigenvalue weighted by Crippen LogP contribution is 2.27. The number of hydrogen-bond acceptors (Lipinski definition) is 6. The van der Waals surface area contributed by atoms with Crippen molar-refractivity contribution in [2.75, 3.05) is 33.0 Å². The number of benzene rings is 1. The average molecular weight is 358 g/mol. The minimum atomic E-state index is -3.72. The molecular weight excluding hydrogens is 332 g/mol. The van der Waals surface area contributed by atoms with Crippen LogP contribution in [0, 0.1) is 16.0 Å². The first-order valence-corrected chi connectivity index (χ1v) is 9.19. The first kappa shape index (κ1) is 20.3. The smallest absolute Gasteiger partial charge is 0.293 e. The lowest BCUT2D eigenvalue weighted by atomic mass is 10.0. The number of nitro benzene ring substituents is 1. The number of nitrogens with zero attached hydrogens (tertiary/aromatic N) is 2. The third-order valence-corrected chi connectivity index (χ3v) is 5.16. The summed E-state index contributed by atoms with van der Waals surface area (Å²) in [6.07, 6.45) is 0.944. The molecule has 136 valence electrons. The zero-order valence-electron chi connectivity index (χ0n) is 14.7. The Morgan fingerprint density at radius 1 is 1.29 bits per heavy atom. The number of rotatable bonds is 9. The van der Waals surface area contributed by atoms with Gasteiger partial charge in [-0.3, -0.25) is 10.1 Å². The average Bonchev–Trinajstić information content (AvgIpc) is 2.50. The van der Waals surface area contributed by atoms with Gasteiger partial charge in [0.25, 0.3) is 5.69 Å². The molecule has 0 fully saturated rings. The minimum Gasteiger partial charge on any atom is -0.378 e. The molecule has 0 unspecified atom stereocenters. The monoisotopic (exact) mass is 358 g/mol. The molecule has 1 aromatic rings. The Labute approximate surface area is 143 Å². The fraction of sp³-hybridized carbons (Fsp3) is 0.600. The predicted molar refractivity (Wildman–Crippen MR) is 94.8 cm³/mol. The topological polar surface area (TPSA) is 105 Å². The van der Waals surface area contributed by atoms with Gasteiger partial charge in [-0.15, -0.1) is 0 Å². The Kier molecular flexibility index (Phi) is 7.12. The Morgan fingerprint density at radius 3 is 2.38 bits per heavy atom. The molecule has 0 heterocycles. The van der Waals surface area contributed by atoms with Gasteiger partial charge in [0.05, 0.1) is 9.82 Å². The number of likely N-dealkylation sites (N-methyl/N-ethyl adjacent to an activating group) is 1. The molecule has 0 saturated heterocycles. The van der Waals surface area contributed by atoms with E-state index in [9.17, 15) is 18.5 Å². The third-order valence-electron chi connectivity index (χ3n) is 3.75. The molecule has 0 aliphatic carbocycles. The number of sulfonamides is 1. The van der Waals surface area contributed by atoms with E-state index in [1.807, 2.05) is 14.1 Å². The van der Waals surface area contributed by atoms with Crippen LogP contribution in [-0.4, -0.2) is 52.0 Å². The number of hydrogen-bond donors (Lipinski definition) is 2. The van der Waals surface area contributed by atoms with Crippen LogP contribution in [0.1, 0.15) is 20.3 Å². The van der Waals surface area contributed by atoms with Gasteiger partial charge in [-0.25, -0.2) is 13.1 Å². The van der Waals surface area contributed by atoms with Gasteiger partial charge in [-0.1, -0.05) is 13.8 Å². The quantitative estimate of drug-likeness (QED) is 0.516. The fourth-order valence-electron chi connectivity index (χ4n) is 2.35. The molecule has 0 amide bonds. The summed E-state index contributed by atoms with van der Waals surface area (Å²) in [4.78, 5) is 12.6. The fourth-order valence-corrected chi connectivity index (χ4v) is 3.10. The van der Waals surface area contributed by atoms with E-state index >= 15 is 0 Å². The van der Waals surface area contributed by atoms with Crippen molar-refractivity contribution in [1.82, 2.24) is 9.62 Å². The second-order valence-electron chi connectivity index (χ2n) is 6.27. The van der Waals surface area contributed by atoms with E-state index in [1.165, 1.54) is 19.2 Å². The standard InChI is InChI=1S/C15H26N4O4S/c1-11(2)8-12(18(4)5)10-17-14-7-6-13(24(22,23)16-3)9-15(14)19(20)21/h6-7,9,11-12,16-17H,8,10H2,1-5H3/t12-/m0/s1. The van der Waals surface area contributed by atoms with E-state index in [-0.39, 0.29) is 16.6 Å². The Balaban J connectivity index is 3.05. The highest BCUT2D eigenvalue weighted by molar-refractivity contribution is 7.89. The molecule has 1 atom stereocenters. The summed E-state index contributed by atoms with van der Waals surface area (Å²) in [6.45, 7) is 4.77. The third kappa shape index (κ3) is 5.43. The van der Waals surface area contributed by atoms with Crippen molar-refractivity contribution in [3.8, 4) is 0 Å². The van der Waals surface area contributed by atoms with E-state index in [1.54, 1.807) is 0 Å². The van der Waals surface area contributed by atoms with Crippen molar-refractivity contribution < 1.29 is 13.3 Å². The van der Waals surface area contributed by atoms with Crippen molar-refractivity contribution in [2.45, 2.75) is 31.2 Å². The first-order chi connectivity index (χ1) is 11.1. The summed E-state index contributed by atoms with van der Waals surface area (Å²) in [5, 5.41) is 14.4. The Hall–Kier alpha value is -1.71. The SMILES string of the molecule is CNS(=O)(=O)c1ccc(NC[C@H](CC(C)C)N(C)C)c([N+](=O)[O-])c1. The van der Waals surface area contributed by atoms with Crippen molar-refractivity contribution >= 4 is 21.4 Å². The van der Waals surface area contributed by atoms with Crippen LogP contribution in [0.3, 0.4) is 0 Å². The van der Waals surface area contributed by atoms with Gasteiger partial charge in [0.1, 0.15) is 5.69 Å². The number of nitrogens with one attached hydrogen (secondary N) is 2. The summed E-state index contributed by atoms with van der Waals surface area (Å²) in [5.41, 5.74) is 0.0547. The molecular formula is C15H26N4O4S. The molecule has 9 heteroatoms. The normalized spacial score (nSPS) is 13.3. The summed E-state index contributed by atoms with van der Waals surface area (Å²) in [5.74, 6) is 0.498. The van der Waals surface area contributed by atoms with Crippen LogP contribution in [0.5, 0.6) is 0 Å². The van der Waals surface area contributed by atoms with E-state index in [0.29, 0.717) is 18.2 Å². The zero-order valence-corrected chi connectivity index (χ0v) is 15.6. The lowest BCUT2D eigenvalue weighted by Crippen LogP contribution is -2.35. The van der Waals surface area contributed by atoms with Crippen LogP contribution in [-0.2, 0) is 10.0 Å². The van der Waals surface area contributed by atoms with Crippen molar-refractivity contribution in [1.29, 1.82) is 0 Å². The zero-order chi connectivity index (χ0) is 18.5. The van der Waals surface area contributed by atoms with Crippen LogP contribution in [0.4, 0.5) is 11.4 Å². The maximum Gasteiger partial charge on any atom is 0.293 e. The molecule has 0 aliphatic heterocycles. The second-order valence-corrected chi connectivity index (χ2v) is 8.16. The van der Waals surface area contributed by atoms with Crippen LogP contribution in [0.2, 0.25) is 0 Å². The maximum absolute atomic E-state index is 11.8. The Bertz CT molecular complexity index is 674. The van der Waals surface area contributed by atoms with Gasteiger partial charge >= 0.3 is 0 Å². The minimum absolute atomic E-state index is 0.131. The van der Waals surface area contributed by atoms with Crippen LogP contribution in [0.15, 0.2) is 23.1 Å². The molecule has 0 saturated carbocycles. The van der Waals surface area contributed by atoms with Crippen molar-refractivity contribution in [3.63, 3.8) is 0 Å². The predicted octanol–water partition coefficient (Wildman–Crippen LogP) is 1.89. The number of nitro groups is 1. The van der Waals surface area contributed by atoms with Crippen LogP contribution >= 0.6 is 0 Å². The highest BCUT2D eigenvalue weighted by atomic mass is 32.2. The van der Waals surface area contributed by atoms with E-state index in [4.69, 9.17) is 0 Å². The molecule has 1 aromatic carbocycles. The molecule has 0 aromatic heterocycles.